The summed E-state index contributed by atoms with van der Waals surface area (Å²) < 4.78 is 22.4. The van der Waals surface area contributed by atoms with Crippen LogP contribution in [0.25, 0.3) is 0 Å². The summed E-state index contributed by atoms with van der Waals surface area (Å²) in [6, 6.07) is 0. The molecule has 1 saturated heterocycles. The number of aliphatic hydroxyl groups is 10. The second-order valence-electron chi connectivity index (χ2n) is 17.9. The first-order valence-electron chi connectivity index (χ1n) is 21.7. The molecular weight excluding hydrogens is 796 g/mol. The Morgan fingerprint density at radius 2 is 1.16 bits per heavy atom. The molecule has 1 aliphatic heterocycles. The summed E-state index contributed by atoms with van der Waals surface area (Å²) in [5, 5.41) is 104. The van der Waals surface area contributed by atoms with Crippen molar-refractivity contribution in [3.05, 3.63) is 34.9 Å². The molecule has 0 aromatic carbocycles. The molecule has 14 unspecified atom stereocenters. The zero-order chi connectivity index (χ0) is 47.0. The Bertz CT molecular complexity index is 1400. The van der Waals surface area contributed by atoms with Crippen molar-refractivity contribution in [1.82, 2.24) is 0 Å². The summed E-state index contributed by atoms with van der Waals surface area (Å²) in [4.78, 5) is 24.1. The SMILES string of the molecule is CCC(C)CC(C)CC(C)C(O[C@@H]1OC(COC(C)=O)[C@@H](O)C(O)C1O)C(C)/C=C(\C)C(O)C(C)/C=C(\C)C(O)C(C)/C=C(\C)C(O)C(C)C(=O)OC[C@@H](O)[C@H](O)[C@H](O)CO. The molecule has 1 fully saturated rings. The second kappa shape index (κ2) is 27.1. The number of aliphatic hydroxyl groups excluding tert-OH is 10. The number of carbonyl (C=O) groups excluding carboxylic acids is 2. The molecule has 16 heteroatoms. The Kier molecular flexibility index (Phi) is 25.2. The van der Waals surface area contributed by atoms with E-state index >= 15 is 0 Å². The maximum atomic E-state index is 12.6. The smallest absolute Gasteiger partial charge is 0.311 e. The van der Waals surface area contributed by atoms with Crippen LogP contribution >= 0.6 is 0 Å². The largest absolute Gasteiger partial charge is 0.463 e. The van der Waals surface area contributed by atoms with E-state index in [-0.39, 0.29) is 18.4 Å². The third-order valence-corrected chi connectivity index (χ3v) is 12.0. The molecule has 356 valence electrons. The quantitative estimate of drug-likeness (QED) is 0.0439. The molecule has 0 aliphatic carbocycles. The van der Waals surface area contributed by atoms with Gasteiger partial charge in [-0.2, -0.15) is 0 Å². The summed E-state index contributed by atoms with van der Waals surface area (Å²) in [5.41, 5.74) is 1.55. The summed E-state index contributed by atoms with van der Waals surface area (Å²) in [5.74, 6) is -3.11. The molecule has 16 nitrogen and oxygen atoms in total. The van der Waals surface area contributed by atoms with Crippen molar-refractivity contribution in [3.63, 3.8) is 0 Å². The molecule has 0 spiro atoms. The predicted octanol–water partition coefficient (Wildman–Crippen LogP) is 1.93. The van der Waals surface area contributed by atoms with E-state index in [2.05, 4.69) is 20.8 Å². The normalized spacial score (nSPS) is 27.6. The van der Waals surface area contributed by atoms with Crippen molar-refractivity contribution in [1.29, 1.82) is 0 Å². The van der Waals surface area contributed by atoms with Gasteiger partial charge in [-0.25, -0.2) is 0 Å². The first-order chi connectivity index (χ1) is 28.3. The molecule has 0 amide bonds. The fourth-order valence-corrected chi connectivity index (χ4v) is 7.95. The summed E-state index contributed by atoms with van der Waals surface area (Å²) in [6.07, 6.45) is -8.05. The minimum absolute atomic E-state index is 0.0823. The predicted molar refractivity (Wildman–Crippen MR) is 227 cm³/mol. The summed E-state index contributed by atoms with van der Waals surface area (Å²) in [6.45, 7) is 19.9. The van der Waals surface area contributed by atoms with Crippen molar-refractivity contribution in [2.75, 3.05) is 19.8 Å². The summed E-state index contributed by atoms with van der Waals surface area (Å²) in [7, 11) is 0. The topological polar surface area (TPSA) is 273 Å². The van der Waals surface area contributed by atoms with Crippen molar-refractivity contribution < 1.29 is 79.6 Å². The monoisotopic (exact) mass is 877 g/mol. The van der Waals surface area contributed by atoms with Gasteiger partial charge in [0.05, 0.1) is 36.9 Å². The highest BCUT2D eigenvalue weighted by Crippen LogP contribution is 2.33. The van der Waals surface area contributed by atoms with Gasteiger partial charge in [0.15, 0.2) is 6.29 Å². The van der Waals surface area contributed by atoms with Crippen molar-refractivity contribution >= 4 is 11.9 Å². The van der Waals surface area contributed by atoms with Crippen molar-refractivity contribution in [2.24, 2.45) is 41.4 Å². The van der Waals surface area contributed by atoms with Crippen LogP contribution < -0.4 is 0 Å². The zero-order valence-corrected chi connectivity index (χ0v) is 38.4. The average molecular weight is 877 g/mol. The van der Waals surface area contributed by atoms with Gasteiger partial charge < -0.3 is 70.0 Å². The lowest BCUT2D eigenvalue weighted by molar-refractivity contribution is -0.317. The van der Waals surface area contributed by atoms with E-state index in [0.29, 0.717) is 28.6 Å². The van der Waals surface area contributed by atoms with Crippen molar-refractivity contribution in [3.8, 4) is 0 Å². The van der Waals surface area contributed by atoms with E-state index < -0.39 is 116 Å². The van der Waals surface area contributed by atoms with Crippen LogP contribution in [-0.4, -0.2) is 156 Å². The molecule has 0 saturated carbocycles. The van der Waals surface area contributed by atoms with Crippen LogP contribution in [0.15, 0.2) is 34.9 Å². The summed E-state index contributed by atoms with van der Waals surface area (Å²) >= 11 is 0. The van der Waals surface area contributed by atoms with E-state index in [1.807, 2.05) is 26.8 Å². The number of carbonyl (C=O) groups is 2. The van der Waals surface area contributed by atoms with Crippen LogP contribution in [0.5, 0.6) is 0 Å². The Balaban J connectivity index is 3.19. The highest BCUT2D eigenvalue weighted by molar-refractivity contribution is 5.73. The molecule has 0 aromatic rings. The van der Waals surface area contributed by atoms with Crippen LogP contribution in [0.2, 0.25) is 0 Å². The van der Waals surface area contributed by atoms with Gasteiger partial charge in [-0.05, 0) is 75.0 Å². The highest BCUT2D eigenvalue weighted by Gasteiger charge is 2.46. The molecule has 1 aliphatic rings. The minimum atomic E-state index is -1.74. The van der Waals surface area contributed by atoms with Crippen LogP contribution in [0, 0.1) is 41.4 Å². The molecule has 1 heterocycles. The Morgan fingerprint density at radius 3 is 1.66 bits per heavy atom. The molecule has 0 radical (unpaired) electrons. The molecule has 1 rings (SSSR count). The molecule has 19 atom stereocenters. The number of hydrogen-bond donors (Lipinski definition) is 10. The molecule has 10 N–H and O–H groups in total. The maximum Gasteiger partial charge on any atom is 0.311 e. The van der Waals surface area contributed by atoms with E-state index in [1.54, 1.807) is 39.8 Å². The number of rotatable bonds is 26. The Morgan fingerprint density at radius 1 is 0.656 bits per heavy atom. The Labute approximate surface area is 362 Å². The average Bonchev–Trinajstić information content (AvgIpc) is 3.21. The highest BCUT2D eigenvalue weighted by atomic mass is 16.7. The zero-order valence-electron chi connectivity index (χ0n) is 38.4. The van der Waals surface area contributed by atoms with Gasteiger partial charge in [0.25, 0.3) is 0 Å². The van der Waals surface area contributed by atoms with E-state index in [0.717, 1.165) is 19.3 Å². The standard InChI is InChI=1S/C45H80O16/c1-13-22(2)14-23(3)15-29(9)43(61-45-42(56)41(55)40(54)35(60-45)21-58-32(12)47)30(10)18-27(7)37(51)25(5)16-24(4)36(50)26(6)17-28(8)38(52)31(11)44(57)59-20-34(49)39(53)33(48)19-46/h16-18,22-23,25-26,29-31,33-43,45-46,48-56H,13-15,19-21H2,1-12H3/b24-16+,27-18+,28-17+/t22?,23?,25?,26?,29?,30?,31?,33-,34-,35?,36?,37?,38?,39-,40-,41?,42?,43?,45+/m1/s1. The van der Waals surface area contributed by atoms with Crippen molar-refractivity contribution in [2.45, 2.75) is 176 Å². The van der Waals surface area contributed by atoms with Gasteiger partial charge in [0, 0.05) is 24.7 Å². The minimum Gasteiger partial charge on any atom is -0.463 e. The molecular formula is C45H80O16. The van der Waals surface area contributed by atoms with E-state index in [4.69, 9.17) is 24.1 Å². The Hall–Kier alpha value is -2.32. The van der Waals surface area contributed by atoms with Gasteiger partial charge in [-0.3, -0.25) is 9.59 Å². The fourth-order valence-electron chi connectivity index (χ4n) is 7.95. The van der Waals surface area contributed by atoms with E-state index in [9.17, 15) is 55.5 Å². The van der Waals surface area contributed by atoms with Gasteiger partial charge >= 0.3 is 11.9 Å². The second-order valence-corrected chi connectivity index (χ2v) is 17.9. The van der Waals surface area contributed by atoms with Crippen LogP contribution in [0.3, 0.4) is 0 Å². The van der Waals surface area contributed by atoms with Gasteiger partial charge in [0.1, 0.15) is 55.9 Å². The third kappa shape index (κ3) is 18.0. The van der Waals surface area contributed by atoms with Gasteiger partial charge in [-0.1, -0.05) is 73.1 Å². The molecule has 0 bridgehead atoms. The first-order valence-corrected chi connectivity index (χ1v) is 21.7. The van der Waals surface area contributed by atoms with Gasteiger partial charge in [0.2, 0.25) is 0 Å². The number of esters is 2. The van der Waals surface area contributed by atoms with Crippen LogP contribution in [-0.2, 0) is 28.5 Å². The lowest BCUT2D eigenvalue weighted by atomic mass is 9.82. The fraction of sp³-hybridized carbons (Fsp3) is 0.822. The van der Waals surface area contributed by atoms with Gasteiger partial charge in [-0.15, -0.1) is 0 Å². The number of ether oxygens (including phenoxy) is 4. The molecule has 0 aromatic heterocycles. The molecule has 61 heavy (non-hydrogen) atoms. The lowest BCUT2D eigenvalue weighted by Crippen LogP contribution is -2.60. The lowest BCUT2D eigenvalue weighted by Gasteiger charge is -2.43. The van der Waals surface area contributed by atoms with E-state index in [1.165, 1.54) is 13.8 Å². The maximum absolute atomic E-state index is 12.6. The third-order valence-electron chi connectivity index (χ3n) is 12.0. The number of hydrogen-bond acceptors (Lipinski definition) is 16. The van der Waals surface area contributed by atoms with Crippen LogP contribution in [0.4, 0.5) is 0 Å². The van der Waals surface area contributed by atoms with Crippen LogP contribution in [0.1, 0.15) is 102 Å². The first kappa shape index (κ1) is 56.7.